The van der Waals surface area contributed by atoms with Gasteiger partial charge in [-0.05, 0) is 20.3 Å². The molecule has 1 saturated heterocycles. The molecule has 0 aromatic carbocycles. The van der Waals surface area contributed by atoms with E-state index in [1.54, 1.807) is 6.08 Å². The first-order valence-electron chi connectivity index (χ1n) is 4.49. The van der Waals surface area contributed by atoms with Crippen LogP contribution in [-0.4, -0.2) is 24.3 Å². The van der Waals surface area contributed by atoms with Crippen LogP contribution in [0.25, 0.3) is 0 Å². The monoisotopic (exact) mass is 184 g/mol. The fraction of sp³-hybridized carbons (Fsp3) is 0.700. The molecule has 74 valence electrons. The Labute approximate surface area is 78.7 Å². The minimum Gasteiger partial charge on any atom is -0.347 e. The van der Waals surface area contributed by atoms with Gasteiger partial charge in [0.25, 0.3) is 0 Å². The highest BCUT2D eigenvalue weighted by Gasteiger charge is 2.34. The molecule has 0 aromatic rings. The molecule has 1 aliphatic heterocycles. The van der Waals surface area contributed by atoms with E-state index < -0.39 is 5.79 Å². The van der Waals surface area contributed by atoms with Crippen LogP contribution >= 0.6 is 0 Å². The largest absolute Gasteiger partial charge is 0.347 e. The van der Waals surface area contributed by atoms with E-state index in [0.29, 0.717) is 6.42 Å². The molecule has 1 aliphatic rings. The van der Waals surface area contributed by atoms with Gasteiger partial charge in [-0.3, -0.25) is 0 Å². The minimum absolute atomic E-state index is 0.0523. The van der Waals surface area contributed by atoms with Gasteiger partial charge in [0.2, 0.25) is 0 Å². The standard InChI is InChI=1S/C10H16O3/c1-4-5-8-6-9(7-11)13-10(2,3)12-8/h4,7-9H,1,5-6H2,2-3H3/t8-,9+/m0/s1. The highest BCUT2D eigenvalue weighted by atomic mass is 16.7. The summed E-state index contributed by atoms with van der Waals surface area (Å²) in [6, 6.07) is 0. The maximum absolute atomic E-state index is 10.6. The zero-order chi connectivity index (χ0) is 9.90. The maximum Gasteiger partial charge on any atom is 0.164 e. The van der Waals surface area contributed by atoms with Crippen molar-refractivity contribution in [2.45, 2.75) is 44.7 Å². The number of ether oxygens (including phenoxy) is 2. The highest BCUT2D eigenvalue weighted by molar-refractivity contribution is 5.56. The minimum atomic E-state index is -0.655. The molecule has 0 amide bonds. The Balaban J connectivity index is 2.59. The third-order valence-corrected chi connectivity index (χ3v) is 1.96. The Bertz CT molecular complexity index is 198. The molecule has 0 radical (unpaired) electrons. The van der Waals surface area contributed by atoms with Gasteiger partial charge in [0.05, 0.1) is 6.10 Å². The van der Waals surface area contributed by atoms with Gasteiger partial charge in [-0.15, -0.1) is 6.58 Å². The summed E-state index contributed by atoms with van der Waals surface area (Å²) >= 11 is 0. The van der Waals surface area contributed by atoms with Gasteiger partial charge >= 0.3 is 0 Å². The van der Waals surface area contributed by atoms with Crippen LogP contribution in [0.5, 0.6) is 0 Å². The van der Waals surface area contributed by atoms with Gasteiger partial charge in [-0.25, -0.2) is 0 Å². The van der Waals surface area contributed by atoms with Crippen LogP contribution in [0.2, 0.25) is 0 Å². The van der Waals surface area contributed by atoms with Crippen LogP contribution in [-0.2, 0) is 14.3 Å². The Hall–Kier alpha value is -0.670. The quantitative estimate of drug-likeness (QED) is 0.494. The number of carbonyl (C=O) groups is 1. The van der Waals surface area contributed by atoms with Gasteiger partial charge in [0, 0.05) is 6.42 Å². The Morgan fingerprint density at radius 1 is 1.54 bits per heavy atom. The number of hydrogen-bond donors (Lipinski definition) is 0. The lowest BCUT2D eigenvalue weighted by molar-refractivity contribution is -0.290. The van der Waals surface area contributed by atoms with Gasteiger partial charge in [0.1, 0.15) is 12.4 Å². The lowest BCUT2D eigenvalue weighted by Gasteiger charge is -2.38. The Morgan fingerprint density at radius 2 is 2.23 bits per heavy atom. The zero-order valence-electron chi connectivity index (χ0n) is 8.16. The molecule has 1 heterocycles. The topological polar surface area (TPSA) is 35.5 Å². The third kappa shape index (κ3) is 2.94. The molecule has 0 saturated carbocycles. The van der Waals surface area contributed by atoms with Crippen molar-refractivity contribution in [3.63, 3.8) is 0 Å². The molecule has 0 bridgehead atoms. The van der Waals surface area contributed by atoms with Crippen molar-refractivity contribution in [1.82, 2.24) is 0 Å². The molecule has 2 atom stereocenters. The average Bonchev–Trinajstić information content (AvgIpc) is 2.02. The molecule has 0 N–H and O–H groups in total. The van der Waals surface area contributed by atoms with E-state index in [9.17, 15) is 4.79 Å². The number of carbonyl (C=O) groups excluding carboxylic acids is 1. The molecule has 3 heteroatoms. The number of aldehydes is 1. The SMILES string of the molecule is C=CC[C@H]1C[C@H](C=O)OC(C)(C)O1. The van der Waals surface area contributed by atoms with Crippen molar-refractivity contribution in [2.24, 2.45) is 0 Å². The summed E-state index contributed by atoms with van der Waals surface area (Å²) in [4.78, 5) is 10.6. The van der Waals surface area contributed by atoms with Crippen molar-refractivity contribution in [3.05, 3.63) is 12.7 Å². The lowest BCUT2D eigenvalue weighted by atomic mass is 10.1. The van der Waals surface area contributed by atoms with Crippen molar-refractivity contribution < 1.29 is 14.3 Å². The number of rotatable bonds is 3. The van der Waals surface area contributed by atoms with E-state index in [2.05, 4.69) is 6.58 Å². The third-order valence-electron chi connectivity index (χ3n) is 1.96. The zero-order valence-corrected chi connectivity index (χ0v) is 8.16. The predicted octanol–water partition coefficient (Wildman–Crippen LogP) is 1.67. The summed E-state index contributed by atoms with van der Waals surface area (Å²) in [5.74, 6) is -0.655. The molecule has 0 aliphatic carbocycles. The van der Waals surface area contributed by atoms with Crippen molar-refractivity contribution in [1.29, 1.82) is 0 Å². The average molecular weight is 184 g/mol. The normalized spacial score (nSPS) is 32.5. The Morgan fingerprint density at radius 3 is 2.77 bits per heavy atom. The first-order chi connectivity index (χ1) is 6.07. The van der Waals surface area contributed by atoms with E-state index in [-0.39, 0.29) is 12.2 Å². The molecular weight excluding hydrogens is 168 g/mol. The maximum atomic E-state index is 10.6. The molecule has 1 fully saturated rings. The van der Waals surface area contributed by atoms with Crippen LogP contribution in [0.15, 0.2) is 12.7 Å². The second-order valence-corrected chi connectivity index (χ2v) is 3.69. The van der Waals surface area contributed by atoms with Gasteiger partial charge < -0.3 is 14.3 Å². The van der Waals surface area contributed by atoms with Gasteiger partial charge in [0.15, 0.2) is 5.79 Å². The molecule has 13 heavy (non-hydrogen) atoms. The Kier molecular flexibility index (Phi) is 3.22. The smallest absolute Gasteiger partial charge is 0.164 e. The molecule has 0 spiro atoms. The second kappa shape index (κ2) is 4.03. The lowest BCUT2D eigenvalue weighted by Crippen LogP contribution is -2.45. The summed E-state index contributed by atoms with van der Waals surface area (Å²) in [5, 5.41) is 0. The fourth-order valence-electron chi connectivity index (χ4n) is 1.56. The van der Waals surface area contributed by atoms with E-state index in [1.165, 1.54) is 0 Å². The van der Waals surface area contributed by atoms with Crippen molar-refractivity contribution >= 4 is 6.29 Å². The second-order valence-electron chi connectivity index (χ2n) is 3.69. The van der Waals surface area contributed by atoms with Crippen LogP contribution in [0.4, 0.5) is 0 Å². The summed E-state index contributed by atoms with van der Waals surface area (Å²) in [5.41, 5.74) is 0. The highest BCUT2D eigenvalue weighted by Crippen LogP contribution is 2.27. The van der Waals surface area contributed by atoms with E-state index in [4.69, 9.17) is 9.47 Å². The molecule has 1 rings (SSSR count). The summed E-state index contributed by atoms with van der Waals surface area (Å²) in [6.07, 6.45) is 3.73. The molecule has 3 nitrogen and oxygen atoms in total. The van der Waals surface area contributed by atoms with Crippen LogP contribution in [0, 0.1) is 0 Å². The summed E-state index contributed by atoms with van der Waals surface area (Å²) in [7, 11) is 0. The van der Waals surface area contributed by atoms with Crippen molar-refractivity contribution in [3.8, 4) is 0 Å². The van der Waals surface area contributed by atoms with Gasteiger partial charge in [-0.1, -0.05) is 6.08 Å². The molecule has 0 aromatic heterocycles. The van der Waals surface area contributed by atoms with Crippen LogP contribution in [0.1, 0.15) is 26.7 Å². The number of hydrogen-bond acceptors (Lipinski definition) is 3. The van der Waals surface area contributed by atoms with E-state index in [1.807, 2.05) is 13.8 Å². The van der Waals surface area contributed by atoms with Crippen LogP contribution in [0.3, 0.4) is 0 Å². The first-order valence-corrected chi connectivity index (χ1v) is 4.49. The summed E-state index contributed by atoms with van der Waals surface area (Å²) < 4.78 is 11.0. The van der Waals surface area contributed by atoms with Gasteiger partial charge in [-0.2, -0.15) is 0 Å². The van der Waals surface area contributed by atoms with Crippen LogP contribution < -0.4 is 0 Å². The molecular formula is C10H16O3. The summed E-state index contributed by atoms with van der Waals surface area (Å²) in [6.45, 7) is 7.28. The fourth-order valence-corrected chi connectivity index (χ4v) is 1.56. The van der Waals surface area contributed by atoms with Crippen molar-refractivity contribution in [2.75, 3.05) is 0 Å². The molecule has 0 unspecified atom stereocenters. The first kappa shape index (κ1) is 10.4. The predicted molar refractivity (Wildman–Crippen MR) is 49.3 cm³/mol. The van der Waals surface area contributed by atoms with E-state index in [0.717, 1.165) is 12.7 Å². The van der Waals surface area contributed by atoms with E-state index >= 15 is 0 Å².